The van der Waals surface area contributed by atoms with Gasteiger partial charge in [-0.3, -0.25) is 19.2 Å². The van der Waals surface area contributed by atoms with Gasteiger partial charge in [-0.05, 0) is 83.5 Å². The predicted molar refractivity (Wildman–Crippen MR) is 378 cm³/mol. The number of hydrogen-bond donors (Lipinski definition) is 18. The van der Waals surface area contributed by atoms with Crippen molar-refractivity contribution in [2.75, 3.05) is 6.54 Å². The molecule has 19 N–H and O–H groups in total. The molecule has 0 aromatic carbocycles. The van der Waals surface area contributed by atoms with E-state index in [1.165, 1.54) is 43.4 Å². The van der Waals surface area contributed by atoms with Crippen molar-refractivity contribution in [3.05, 3.63) is 157 Å². The minimum Gasteiger partial charge on any atom is -0.510 e. The van der Waals surface area contributed by atoms with E-state index in [1.54, 1.807) is 92.8 Å². The van der Waals surface area contributed by atoms with E-state index in [4.69, 9.17) is 15.2 Å². The Kier molecular flexibility index (Phi) is 45.3. The average molecular weight is 1400 g/mol. The summed E-state index contributed by atoms with van der Waals surface area (Å²) in [4.78, 5) is 49.2. The quantitative estimate of drug-likeness (QED) is 0.0176. The van der Waals surface area contributed by atoms with E-state index in [0.29, 0.717) is 19.4 Å². The fourth-order valence-electron chi connectivity index (χ4n) is 10.6. The van der Waals surface area contributed by atoms with Crippen molar-refractivity contribution in [2.24, 2.45) is 29.4 Å². The van der Waals surface area contributed by atoms with E-state index >= 15 is 0 Å². The topological polar surface area (TPSA) is 440 Å². The van der Waals surface area contributed by atoms with Gasteiger partial charge in [-0.2, -0.15) is 0 Å². The van der Waals surface area contributed by atoms with Crippen LogP contribution in [0.2, 0.25) is 0 Å². The summed E-state index contributed by atoms with van der Waals surface area (Å²) in [5, 5.41) is 163. The second-order valence-electron chi connectivity index (χ2n) is 26.2. The van der Waals surface area contributed by atoms with Gasteiger partial charge in [0.1, 0.15) is 35.6 Å². The second-order valence-corrected chi connectivity index (χ2v) is 26.2. The number of aliphatic hydroxyl groups is 15. The number of nitrogens with two attached hydrogens (primary N) is 1. The number of hydrogen-bond acceptors (Lipinski definition) is 22. The molecule has 0 aromatic heterocycles. The third kappa shape index (κ3) is 38.6. The molecule has 2 amide bonds. The van der Waals surface area contributed by atoms with Crippen molar-refractivity contribution < 1.29 is 105 Å². The van der Waals surface area contributed by atoms with E-state index < -0.39 is 140 Å². The maximum Gasteiger partial charge on any atom is 0.248 e. The minimum atomic E-state index is -1.65. The van der Waals surface area contributed by atoms with Crippen LogP contribution in [0.15, 0.2) is 157 Å². The van der Waals surface area contributed by atoms with Gasteiger partial charge in [-0.1, -0.05) is 174 Å². The molecule has 2 aliphatic rings. The number of Topliss-reactive ketones (excluding diaryl/α,β-unsaturated/α-hetero) is 2. The van der Waals surface area contributed by atoms with Gasteiger partial charge >= 0.3 is 0 Å². The number of nitrogens with one attached hydrogen (secondary N) is 2. The Morgan fingerprint density at radius 1 is 0.576 bits per heavy atom. The molecular formula is C75H117N3O21. The largest absolute Gasteiger partial charge is 0.510 e. The average Bonchev–Trinajstić information content (AvgIpc) is 1.34. The molecule has 2 rings (SSSR count). The molecule has 21 atom stereocenters. The molecule has 558 valence electrons. The van der Waals surface area contributed by atoms with Crippen LogP contribution in [0.3, 0.4) is 0 Å². The molecule has 1 heterocycles. The number of ether oxygens (including phenoxy) is 2. The molecule has 0 bridgehead atoms. The highest BCUT2D eigenvalue weighted by Crippen LogP contribution is 2.28. The number of rotatable bonds is 49. The van der Waals surface area contributed by atoms with Gasteiger partial charge in [0.05, 0.1) is 85.4 Å². The van der Waals surface area contributed by atoms with Crippen LogP contribution >= 0.6 is 0 Å². The van der Waals surface area contributed by atoms with Crippen LogP contribution in [-0.4, -0.2) is 217 Å². The zero-order valence-corrected chi connectivity index (χ0v) is 58.3. The van der Waals surface area contributed by atoms with Crippen LogP contribution < -0.4 is 16.4 Å². The maximum atomic E-state index is 13.6. The van der Waals surface area contributed by atoms with E-state index in [0.717, 1.165) is 12.8 Å². The lowest BCUT2D eigenvalue weighted by Gasteiger charge is -2.41. The maximum absolute atomic E-state index is 13.6. The number of unbranched alkanes of at least 4 members (excludes halogenated alkanes) is 1. The summed E-state index contributed by atoms with van der Waals surface area (Å²) in [7, 11) is 0. The molecule has 0 saturated carbocycles. The first-order chi connectivity index (χ1) is 46.9. The molecule has 1 aliphatic heterocycles. The Hall–Kier alpha value is -5.98. The van der Waals surface area contributed by atoms with E-state index in [1.807, 2.05) is 51.2 Å². The molecule has 0 aromatic rings. The van der Waals surface area contributed by atoms with Crippen LogP contribution in [0.25, 0.3) is 0 Å². The van der Waals surface area contributed by atoms with E-state index in [-0.39, 0.29) is 106 Å². The van der Waals surface area contributed by atoms with Crippen LogP contribution in [-0.2, 0) is 28.7 Å². The normalized spacial score (nSPS) is 23.5. The fourth-order valence-corrected chi connectivity index (χ4v) is 10.6. The van der Waals surface area contributed by atoms with Gasteiger partial charge in [0.25, 0.3) is 0 Å². The van der Waals surface area contributed by atoms with Crippen LogP contribution in [0.5, 0.6) is 0 Å². The lowest BCUT2D eigenvalue weighted by atomic mass is 9.88. The standard InChI is InChI=1S/C75H117N3O21/c1-48(2)68(76)74(97)77-40-28-34-57(83)41-53(79)30-26-31-54(80)42-58(84)45-59(85)43-55(81)32-27-33-56(82)44-60(86)46-61(87)47-65(91)50(4)66(99-75-73(96)72(95)71(94)52(6)98-75)36-24-20-16-12-9-11-15-19-23-35-62(88)51(5)70(93)49(3)29-22-18-14-10-7-8-13-17-21-25-37-67(92)78-69-63(89)38-39-64(69)90/h7-13,15-17,19-27,29,31,33,35,37,48-62,66,68,70-73,75,79-89,93-96H,14,18,28,30,32,34,36,38-47,76H2,1-6H3,(H,77,97)(H,78,92)/b10-7+,11-9+,13-8+,16-12+,19-15+,21-17+,24-20+,29-22+,31-26+,33-27+,35-23+,37-25+. The van der Waals surface area contributed by atoms with Gasteiger partial charge in [-0.25, -0.2) is 0 Å². The van der Waals surface area contributed by atoms with Gasteiger partial charge in [0.2, 0.25) is 11.8 Å². The van der Waals surface area contributed by atoms with Crippen molar-refractivity contribution in [1.82, 2.24) is 10.6 Å². The smallest absolute Gasteiger partial charge is 0.248 e. The number of amides is 2. The van der Waals surface area contributed by atoms with Gasteiger partial charge in [0.15, 0.2) is 12.1 Å². The molecule has 0 radical (unpaired) electrons. The molecule has 1 aliphatic carbocycles. The first-order valence-electron chi connectivity index (χ1n) is 34.6. The highest BCUT2D eigenvalue weighted by atomic mass is 16.7. The van der Waals surface area contributed by atoms with Crippen molar-refractivity contribution in [3.63, 3.8) is 0 Å². The van der Waals surface area contributed by atoms with Gasteiger partial charge < -0.3 is 102 Å². The first kappa shape index (κ1) is 89.1. The van der Waals surface area contributed by atoms with E-state index in [9.17, 15) is 95.8 Å². The number of ketones is 2. The molecule has 0 spiro atoms. The SMILES string of the molecule is CC(C)C(N)C(=O)NCCCC(O)CC(O)C/C=C/C(O)CC(O)CC(O)CC(O)C/C=C/C(O)CC(O)CC(O)CC(=O)C(C)C(C/C=C/C=C/C=C/C=C/C=C/C(O)C(C)C(O)C(C)/C=C/CC/C=C/C=C/C=C/C=C/C(=O)NC1=C(O)CCC1=O)OC1OC(C)C(O)C(O)C1O. The Morgan fingerprint density at radius 2 is 1.09 bits per heavy atom. The summed E-state index contributed by atoms with van der Waals surface area (Å²) in [6.07, 6.45) is 22.7. The lowest BCUT2D eigenvalue weighted by molar-refractivity contribution is -0.306. The molecule has 99 heavy (non-hydrogen) atoms. The minimum absolute atomic E-state index is 0.00419. The summed E-state index contributed by atoms with van der Waals surface area (Å²) < 4.78 is 11.7. The third-order valence-corrected chi connectivity index (χ3v) is 16.9. The number of carbonyl (C=O) groups excluding carboxylic acids is 4. The molecule has 24 nitrogen and oxygen atoms in total. The van der Waals surface area contributed by atoms with Gasteiger partial charge in [-0.15, -0.1) is 0 Å². The van der Waals surface area contributed by atoms with Crippen LogP contribution in [0, 0.1) is 23.7 Å². The zero-order valence-electron chi connectivity index (χ0n) is 58.3. The highest BCUT2D eigenvalue weighted by Gasteiger charge is 2.44. The Labute approximate surface area is 584 Å². The van der Waals surface area contributed by atoms with Crippen molar-refractivity contribution >= 4 is 23.4 Å². The number of aliphatic hydroxyl groups excluding tert-OH is 15. The monoisotopic (exact) mass is 1400 g/mol. The predicted octanol–water partition coefficient (Wildman–Crippen LogP) is 4.13. The zero-order chi connectivity index (χ0) is 74.0. The summed E-state index contributed by atoms with van der Waals surface area (Å²) >= 11 is 0. The van der Waals surface area contributed by atoms with Gasteiger partial charge in [0, 0.05) is 62.5 Å². The lowest BCUT2D eigenvalue weighted by Crippen LogP contribution is -2.58. The Balaban J connectivity index is 1.79. The summed E-state index contributed by atoms with van der Waals surface area (Å²) in [6.45, 7) is 10.7. The Bertz CT molecular complexity index is 2750. The fraction of sp³-hybridized carbons (Fsp3) is 0.600. The molecule has 21 unspecified atom stereocenters. The molecular weight excluding hydrogens is 1280 g/mol. The van der Waals surface area contributed by atoms with Crippen molar-refractivity contribution in [2.45, 2.75) is 254 Å². The van der Waals surface area contributed by atoms with E-state index in [2.05, 4.69) is 10.6 Å². The second kappa shape index (κ2) is 50.4. The Morgan fingerprint density at radius 3 is 1.67 bits per heavy atom. The van der Waals surface area contributed by atoms with Crippen LogP contribution in [0.1, 0.15) is 144 Å². The van der Waals surface area contributed by atoms with Crippen molar-refractivity contribution in [3.8, 4) is 0 Å². The molecule has 1 saturated heterocycles. The van der Waals surface area contributed by atoms with Crippen molar-refractivity contribution in [1.29, 1.82) is 0 Å². The summed E-state index contributed by atoms with van der Waals surface area (Å²) in [5.74, 6) is -3.20. The number of allylic oxidation sites excluding steroid dienone is 18. The summed E-state index contributed by atoms with van der Waals surface area (Å²) in [5.41, 5.74) is 5.78. The summed E-state index contributed by atoms with van der Waals surface area (Å²) in [6, 6.07) is -0.615. The first-order valence-corrected chi connectivity index (χ1v) is 34.6. The molecule has 24 heteroatoms. The number of carbonyl (C=O) groups is 4. The third-order valence-electron chi connectivity index (χ3n) is 16.9. The molecule has 1 fully saturated rings. The van der Waals surface area contributed by atoms with Crippen LogP contribution in [0.4, 0.5) is 0 Å². The highest BCUT2D eigenvalue weighted by molar-refractivity contribution is 6.03.